The van der Waals surface area contributed by atoms with Gasteiger partial charge in [-0.3, -0.25) is 14.1 Å². The van der Waals surface area contributed by atoms with Crippen molar-refractivity contribution in [2.75, 3.05) is 39.0 Å². The number of piperidine rings is 1. The van der Waals surface area contributed by atoms with E-state index in [1.54, 1.807) is 7.05 Å². The Balaban J connectivity index is 1.65. The third kappa shape index (κ3) is 7.70. The molecule has 1 fully saturated rings. The summed E-state index contributed by atoms with van der Waals surface area (Å²) in [4.78, 5) is 6.75. The van der Waals surface area contributed by atoms with Crippen molar-refractivity contribution >= 4 is 16.8 Å². The van der Waals surface area contributed by atoms with E-state index in [2.05, 4.69) is 34.0 Å². The fraction of sp³-hybridized carbons (Fsp3) is 0.550. The number of nitrogens with zero attached hydrogens (tertiary/aromatic N) is 2. The molecule has 1 atom stereocenters. The van der Waals surface area contributed by atoms with Crippen LogP contribution in [0.3, 0.4) is 0 Å². The molecule has 6 heteroatoms. The van der Waals surface area contributed by atoms with Crippen molar-refractivity contribution < 1.29 is 4.21 Å². The van der Waals surface area contributed by atoms with Crippen LogP contribution in [0.5, 0.6) is 0 Å². The lowest BCUT2D eigenvalue weighted by molar-refractivity contribution is 0.221. The minimum absolute atomic E-state index is 0.442. The summed E-state index contributed by atoms with van der Waals surface area (Å²) >= 11 is 0. The van der Waals surface area contributed by atoms with E-state index in [0.29, 0.717) is 24.1 Å². The zero-order chi connectivity index (χ0) is 18.8. The summed E-state index contributed by atoms with van der Waals surface area (Å²) in [7, 11) is 0.917. The van der Waals surface area contributed by atoms with E-state index in [4.69, 9.17) is 0 Å². The molecule has 0 radical (unpaired) electrons. The fourth-order valence-electron chi connectivity index (χ4n) is 3.12. The minimum atomic E-state index is -0.867. The van der Waals surface area contributed by atoms with E-state index < -0.39 is 10.8 Å². The second-order valence-corrected chi connectivity index (χ2v) is 8.50. The smallest absolute Gasteiger partial charge is 0.191 e. The molecule has 2 N–H and O–H groups in total. The third-order valence-corrected chi connectivity index (χ3v) is 5.75. The fourth-order valence-corrected chi connectivity index (χ4v) is 4.16. The van der Waals surface area contributed by atoms with Gasteiger partial charge in [0.05, 0.1) is 0 Å². The van der Waals surface area contributed by atoms with Crippen LogP contribution < -0.4 is 10.6 Å². The van der Waals surface area contributed by atoms with Gasteiger partial charge in [0.25, 0.3) is 0 Å². The van der Waals surface area contributed by atoms with Gasteiger partial charge < -0.3 is 10.6 Å². The van der Waals surface area contributed by atoms with Crippen LogP contribution in [-0.2, 0) is 16.6 Å². The van der Waals surface area contributed by atoms with Gasteiger partial charge in [0, 0.05) is 61.6 Å². The van der Waals surface area contributed by atoms with Gasteiger partial charge in [-0.05, 0) is 25.3 Å². The molecule has 144 valence electrons. The van der Waals surface area contributed by atoms with Gasteiger partial charge in [-0.15, -0.1) is 0 Å². The van der Waals surface area contributed by atoms with Gasteiger partial charge in [0.1, 0.15) is 0 Å². The Hall–Kier alpha value is -1.66. The highest BCUT2D eigenvalue weighted by Gasteiger charge is 2.19. The number of rotatable bonds is 8. The summed E-state index contributed by atoms with van der Waals surface area (Å²) in [6, 6.07) is 10.4. The lowest BCUT2D eigenvalue weighted by atomic mass is 10.0. The Kier molecular flexibility index (Phi) is 8.85. The average molecular weight is 377 g/mol. The van der Waals surface area contributed by atoms with Crippen LogP contribution in [0.25, 0.3) is 0 Å². The molecule has 2 rings (SSSR count). The Morgan fingerprint density at radius 1 is 1.31 bits per heavy atom. The number of hydrogen-bond acceptors (Lipinski definition) is 3. The Morgan fingerprint density at radius 3 is 2.62 bits per heavy atom. The Bertz CT molecular complexity index is 609. The Morgan fingerprint density at radius 2 is 2.00 bits per heavy atom. The molecule has 1 unspecified atom stereocenters. The van der Waals surface area contributed by atoms with Gasteiger partial charge in [-0.25, -0.2) is 0 Å². The van der Waals surface area contributed by atoms with Crippen LogP contribution in [0.2, 0.25) is 0 Å². The predicted molar refractivity (Wildman–Crippen MR) is 112 cm³/mol. The van der Waals surface area contributed by atoms with E-state index >= 15 is 0 Å². The maximum atomic E-state index is 12.2. The minimum Gasteiger partial charge on any atom is -0.355 e. The maximum absolute atomic E-state index is 12.2. The second-order valence-electron chi connectivity index (χ2n) is 6.92. The molecule has 0 aliphatic carbocycles. The molecular weight excluding hydrogens is 344 g/mol. The van der Waals surface area contributed by atoms with Crippen LogP contribution in [0.1, 0.15) is 25.3 Å². The summed E-state index contributed by atoms with van der Waals surface area (Å²) in [6.45, 7) is 9.90. The topological polar surface area (TPSA) is 56.7 Å². The van der Waals surface area contributed by atoms with Gasteiger partial charge in [0.2, 0.25) is 0 Å². The molecule has 1 heterocycles. The molecule has 1 aliphatic heterocycles. The highest BCUT2D eigenvalue weighted by Crippen LogP contribution is 2.11. The number of nitrogens with one attached hydrogen (secondary N) is 2. The molecule has 5 nitrogen and oxygen atoms in total. The number of aliphatic imine (C=N–C) groups is 1. The van der Waals surface area contributed by atoms with Crippen molar-refractivity contribution in [3.8, 4) is 0 Å². The summed E-state index contributed by atoms with van der Waals surface area (Å²) in [5.41, 5.74) is 2.34. The van der Waals surface area contributed by atoms with Gasteiger partial charge in [0.15, 0.2) is 5.96 Å². The molecule has 1 aromatic rings. The van der Waals surface area contributed by atoms with Crippen molar-refractivity contribution in [3.05, 3.63) is 48.0 Å². The molecular formula is C20H32N4OS. The molecule has 0 saturated carbocycles. The number of guanidine groups is 1. The highest BCUT2D eigenvalue weighted by atomic mass is 32.2. The molecule has 26 heavy (non-hydrogen) atoms. The van der Waals surface area contributed by atoms with E-state index in [1.807, 2.05) is 30.3 Å². The number of benzene rings is 1. The molecule has 0 bridgehead atoms. The lowest BCUT2D eigenvalue weighted by Crippen LogP contribution is -2.49. The average Bonchev–Trinajstić information content (AvgIpc) is 2.62. The molecule has 0 aromatic heterocycles. The number of hydrogen-bond donors (Lipinski definition) is 2. The van der Waals surface area contributed by atoms with E-state index in [0.717, 1.165) is 44.0 Å². The van der Waals surface area contributed by atoms with Gasteiger partial charge >= 0.3 is 0 Å². The molecule has 1 aromatic carbocycles. The summed E-state index contributed by atoms with van der Waals surface area (Å²) < 4.78 is 12.2. The van der Waals surface area contributed by atoms with Crippen molar-refractivity contribution in [1.29, 1.82) is 0 Å². The first-order valence-electron chi connectivity index (χ1n) is 9.29. The molecule has 1 aliphatic rings. The Labute approximate surface area is 160 Å². The van der Waals surface area contributed by atoms with Crippen LogP contribution >= 0.6 is 0 Å². The first-order chi connectivity index (χ1) is 12.6. The van der Waals surface area contributed by atoms with Crippen LogP contribution in [0.15, 0.2) is 47.5 Å². The number of likely N-dealkylation sites (tertiary alicyclic amines) is 1. The van der Waals surface area contributed by atoms with Crippen LogP contribution in [-0.4, -0.2) is 60.1 Å². The van der Waals surface area contributed by atoms with Crippen molar-refractivity contribution in [2.24, 2.45) is 4.99 Å². The normalized spacial score (nSPS) is 17.7. The summed E-state index contributed by atoms with van der Waals surface area (Å²) in [6.07, 6.45) is 2.21. The monoisotopic (exact) mass is 376 g/mol. The second kappa shape index (κ2) is 11.1. The zero-order valence-corrected chi connectivity index (χ0v) is 16.9. The predicted octanol–water partition coefficient (Wildman–Crippen LogP) is 2.14. The molecule has 0 amide bonds. The van der Waals surface area contributed by atoms with Crippen molar-refractivity contribution in [1.82, 2.24) is 15.5 Å². The zero-order valence-electron chi connectivity index (χ0n) is 16.0. The lowest BCUT2D eigenvalue weighted by Gasteiger charge is -2.33. The van der Waals surface area contributed by atoms with E-state index in [1.165, 1.54) is 5.57 Å². The van der Waals surface area contributed by atoms with E-state index in [-0.39, 0.29) is 0 Å². The van der Waals surface area contributed by atoms with Crippen LogP contribution in [0.4, 0.5) is 0 Å². The third-order valence-electron chi connectivity index (χ3n) is 4.44. The standard InChI is InChI=1S/C20H32N4OS/c1-17(2)15-24-12-9-19(10-13-24)23-20(21-3)22-11-14-26(25)16-18-7-5-4-6-8-18/h4-8,19H,1,9-16H2,2-3H3,(H2,21,22,23). The van der Waals surface area contributed by atoms with Crippen molar-refractivity contribution in [2.45, 2.75) is 31.6 Å². The summed E-state index contributed by atoms with van der Waals surface area (Å²) in [5.74, 6) is 2.03. The van der Waals surface area contributed by atoms with Gasteiger partial charge in [-0.1, -0.05) is 42.5 Å². The molecule has 1 saturated heterocycles. The van der Waals surface area contributed by atoms with E-state index in [9.17, 15) is 4.21 Å². The summed E-state index contributed by atoms with van der Waals surface area (Å²) in [5, 5.41) is 6.79. The quantitative estimate of drug-likeness (QED) is 0.415. The largest absolute Gasteiger partial charge is 0.355 e. The highest BCUT2D eigenvalue weighted by molar-refractivity contribution is 7.84. The first-order valence-corrected chi connectivity index (χ1v) is 10.8. The van der Waals surface area contributed by atoms with Gasteiger partial charge in [-0.2, -0.15) is 0 Å². The maximum Gasteiger partial charge on any atom is 0.191 e. The molecule has 0 spiro atoms. The SMILES string of the molecule is C=C(C)CN1CCC(NC(=NC)NCCS(=O)Cc2ccccc2)CC1. The van der Waals surface area contributed by atoms with Crippen molar-refractivity contribution in [3.63, 3.8) is 0 Å². The van der Waals surface area contributed by atoms with Crippen LogP contribution in [0, 0.1) is 0 Å². The first kappa shape index (κ1) is 20.6.